The highest BCUT2D eigenvalue weighted by Crippen LogP contribution is 2.40. The van der Waals surface area contributed by atoms with Gasteiger partial charge in [0.25, 0.3) is 11.2 Å². The minimum absolute atomic E-state index is 0.0505. The van der Waals surface area contributed by atoms with Crippen molar-refractivity contribution in [3.05, 3.63) is 97.8 Å². The molecule has 0 bridgehead atoms. The summed E-state index contributed by atoms with van der Waals surface area (Å²) in [5.74, 6) is 0.600. The monoisotopic (exact) mass is 640 g/mol. The average Bonchev–Trinajstić information content (AvgIpc) is 3.02. The van der Waals surface area contributed by atoms with Crippen molar-refractivity contribution in [3.63, 3.8) is 0 Å². The van der Waals surface area contributed by atoms with Crippen molar-refractivity contribution >= 4 is 43.8 Å². The first kappa shape index (κ1) is 30.5. The molecule has 2 aliphatic rings. The fraction of sp³-hybridized carbons (Fsp3) is 0.323. The number of rotatable bonds is 8. The number of carbonyl (C=O) groups is 1. The third-order valence-corrected chi connectivity index (χ3v) is 9.21. The van der Waals surface area contributed by atoms with Gasteiger partial charge in [-0.2, -0.15) is 18.2 Å². The molecule has 10 nitrogen and oxygen atoms in total. The second-order valence-electron chi connectivity index (χ2n) is 11.0. The van der Waals surface area contributed by atoms with Gasteiger partial charge in [0.05, 0.1) is 22.5 Å². The number of benzene rings is 3. The standard InChI is InChI=1S/C31H27F3N4O6S/c32-31(33,34)20-15-22-27(24(16-20)38(41)42)45-29(36-28(22)40)37-13-11-30(12-14-37,44-17-19-5-2-1-3-6-19)18-43-25-8-4-7-23-21(25)9-10-26(39)35-23/h1-8,15-16H,9-14,17-18H2,(H,35,39). The van der Waals surface area contributed by atoms with E-state index in [2.05, 4.69) is 10.3 Å². The lowest BCUT2D eigenvalue weighted by Gasteiger charge is -2.41. The SMILES string of the molecule is O=C1CCc2c(cccc2OCC2(OCc3ccccc3)CCN(c3nc(=O)c4cc(C(F)(F)F)cc([N+](=O)[O-])c4s3)CC2)N1. The van der Waals surface area contributed by atoms with Gasteiger partial charge in [-0.25, -0.2) is 0 Å². The predicted molar refractivity (Wildman–Crippen MR) is 162 cm³/mol. The maximum atomic E-state index is 13.4. The van der Waals surface area contributed by atoms with Crippen molar-refractivity contribution in [1.82, 2.24) is 4.98 Å². The summed E-state index contributed by atoms with van der Waals surface area (Å²) in [5, 5.41) is 14.3. The van der Waals surface area contributed by atoms with E-state index in [-0.39, 0.29) is 22.3 Å². The lowest BCUT2D eigenvalue weighted by molar-refractivity contribution is -0.383. The minimum atomic E-state index is -4.86. The number of hydrogen-bond donors (Lipinski definition) is 1. The molecule has 6 rings (SSSR count). The normalized spacial score (nSPS) is 16.2. The average molecular weight is 641 g/mol. The second kappa shape index (κ2) is 12.1. The molecule has 2 aliphatic heterocycles. The van der Waals surface area contributed by atoms with Crippen molar-refractivity contribution < 1.29 is 32.4 Å². The van der Waals surface area contributed by atoms with Gasteiger partial charge in [0, 0.05) is 36.8 Å². The van der Waals surface area contributed by atoms with Gasteiger partial charge in [0.15, 0.2) is 5.13 Å². The zero-order valence-electron chi connectivity index (χ0n) is 23.8. The number of anilines is 2. The number of carbonyl (C=O) groups excluding carboxylic acids is 1. The fourth-order valence-electron chi connectivity index (χ4n) is 5.56. The molecule has 1 aromatic heterocycles. The van der Waals surface area contributed by atoms with E-state index in [0.29, 0.717) is 68.9 Å². The van der Waals surface area contributed by atoms with Crippen LogP contribution >= 0.6 is 11.3 Å². The van der Waals surface area contributed by atoms with Crippen molar-refractivity contribution in [2.75, 3.05) is 29.9 Å². The molecule has 0 spiro atoms. The summed E-state index contributed by atoms with van der Waals surface area (Å²) >= 11 is 0.817. The Hall–Kier alpha value is -4.56. The first-order valence-electron chi connectivity index (χ1n) is 14.2. The van der Waals surface area contributed by atoms with Crippen LogP contribution in [-0.4, -0.2) is 41.1 Å². The van der Waals surface area contributed by atoms with Crippen molar-refractivity contribution in [1.29, 1.82) is 0 Å². The molecule has 4 aromatic rings. The molecule has 3 aromatic carbocycles. The van der Waals surface area contributed by atoms with Crippen LogP contribution < -0.4 is 20.5 Å². The topological polar surface area (TPSA) is 124 Å². The maximum Gasteiger partial charge on any atom is 0.416 e. The predicted octanol–water partition coefficient (Wildman–Crippen LogP) is 6.10. The number of halogens is 3. The van der Waals surface area contributed by atoms with Gasteiger partial charge in [0.1, 0.15) is 22.7 Å². The van der Waals surface area contributed by atoms with Crippen LogP contribution in [0.5, 0.6) is 5.75 Å². The van der Waals surface area contributed by atoms with E-state index in [4.69, 9.17) is 9.47 Å². The number of alkyl halides is 3. The van der Waals surface area contributed by atoms with Gasteiger partial charge < -0.3 is 19.7 Å². The summed E-state index contributed by atoms with van der Waals surface area (Å²) in [7, 11) is 0. The second-order valence-corrected chi connectivity index (χ2v) is 12.0. The smallest absolute Gasteiger partial charge is 0.416 e. The third kappa shape index (κ3) is 6.47. The highest BCUT2D eigenvalue weighted by molar-refractivity contribution is 7.22. The van der Waals surface area contributed by atoms with Crippen molar-refractivity contribution in [3.8, 4) is 5.75 Å². The highest BCUT2D eigenvalue weighted by atomic mass is 32.1. The molecule has 0 saturated carbocycles. The van der Waals surface area contributed by atoms with E-state index in [9.17, 15) is 32.9 Å². The van der Waals surface area contributed by atoms with Crippen LogP contribution in [-0.2, 0) is 28.7 Å². The van der Waals surface area contributed by atoms with Gasteiger partial charge in [-0.15, -0.1) is 0 Å². The van der Waals surface area contributed by atoms with Crippen LogP contribution in [0.2, 0.25) is 0 Å². The van der Waals surface area contributed by atoms with E-state index in [1.54, 1.807) is 4.90 Å². The van der Waals surface area contributed by atoms with Crippen LogP contribution in [0.1, 0.15) is 36.0 Å². The number of fused-ring (bicyclic) bond motifs is 2. The Kier molecular flexibility index (Phi) is 8.18. The van der Waals surface area contributed by atoms with Crippen LogP contribution in [0.15, 0.2) is 65.5 Å². The van der Waals surface area contributed by atoms with Crippen LogP contribution in [0.3, 0.4) is 0 Å². The molecule has 0 atom stereocenters. The van der Waals surface area contributed by atoms with Gasteiger partial charge >= 0.3 is 6.18 Å². The Morgan fingerprint density at radius 3 is 2.51 bits per heavy atom. The Morgan fingerprint density at radius 1 is 1.04 bits per heavy atom. The van der Waals surface area contributed by atoms with Gasteiger partial charge in [-0.05, 0) is 43.0 Å². The number of hydrogen-bond acceptors (Lipinski definition) is 9. The van der Waals surface area contributed by atoms with Crippen LogP contribution in [0.4, 0.5) is 29.7 Å². The Labute approximate surface area is 258 Å². The lowest BCUT2D eigenvalue weighted by atomic mass is 9.91. The van der Waals surface area contributed by atoms with Gasteiger partial charge in [-0.1, -0.05) is 47.7 Å². The van der Waals surface area contributed by atoms with E-state index < -0.39 is 38.9 Å². The molecule has 1 saturated heterocycles. The molecule has 3 heterocycles. The molecule has 234 valence electrons. The molecule has 45 heavy (non-hydrogen) atoms. The number of nitro groups is 1. The number of ether oxygens (including phenoxy) is 2. The quantitative estimate of drug-likeness (QED) is 0.181. The first-order valence-corrected chi connectivity index (χ1v) is 15.0. The largest absolute Gasteiger partial charge is 0.490 e. The van der Waals surface area contributed by atoms with E-state index in [0.717, 1.165) is 22.5 Å². The van der Waals surface area contributed by atoms with Crippen LogP contribution in [0, 0.1) is 10.1 Å². The van der Waals surface area contributed by atoms with Crippen molar-refractivity contribution in [2.45, 2.75) is 44.1 Å². The summed E-state index contributed by atoms with van der Waals surface area (Å²) in [4.78, 5) is 41.4. The third-order valence-electron chi connectivity index (χ3n) is 8.05. The number of nitro benzene ring substituents is 1. The lowest BCUT2D eigenvalue weighted by Crippen LogP contribution is -2.50. The zero-order chi connectivity index (χ0) is 31.8. The minimum Gasteiger partial charge on any atom is -0.490 e. The molecule has 0 unspecified atom stereocenters. The summed E-state index contributed by atoms with van der Waals surface area (Å²) < 4.78 is 52.9. The first-order chi connectivity index (χ1) is 21.5. The molecular formula is C31H27F3N4O6S. The number of piperidine rings is 1. The number of nitrogens with zero attached hydrogens (tertiary/aromatic N) is 3. The van der Waals surface area contributed by atoms with E-state index in [1.165, 1.54) is 0 Å². The Morgan fingerprint density at radius 2 is 1.80 bits per heavy atom. The van der Waals surface area contributed by atoms with Gasteiger partial charge in [0.2, 0.25) is 5.91 Å². The highest BCUT2D eigenvalue weighted by Gasteiger charge is 2.39. The summed E-state index contributed by atoms with van der Waals surface area (Å²) in [6, 6.07) is 16.2. The van der Waals surface area contributed by atoms with Gasteiger partial charge in [-0.3, -0.25) is 19.7 Å². The molecule has 0 aliphatic carbocycles. The van der Waals surface area contributed by atoms with E-state index in [1.807, 2.05) is 48.5 Å². The summed E-state index contributed by atoms with van der Waals surface area (Å²) in [6.07, 6.45) is -3.07. The van der Waals surface area contributed by atoms with Crippen molar-refractivity contribution in [2.24, 2.45) is 0 Å². The molecule has 0 radical (unpaired) electrons. The Balaban J connectivity index is 1.26. The molecule has 1 fully saturated rings. The maximum absolute atomic E-state index is 13.4. The number of aromatic nitrogens is 1. The summed E-state index contributed by atoms with van der Waals surface area (Å²) in [5.41, 5.74) is -1.18. The molecule has 1 amide bonds. The zero-order valence-corrected chi connectivity index (χ0v) is 24.6. The molecule has 14 heteroatoms. The van der Waals surface area contributed by atoms with Crippen LogP contribution in [0.25, 0.3) is 10.1 Å². The number of non-ortho nitro benzene ring substituents is 1. The molecular weight excluding hydrogens is 613 g/mol. The fourth-order valence-corrected chi connectivity index (χ4v) is 6.68. The molecule has 1 N–H and O–H groups in total. The Bertz CT molecular complexity index is 1820. The number of nitrogens with one attached hydrogen (secondary N) is 1. The number of amides is 1. The van der Waals surface area contributed by atoms with E-state index >= 15 is 0 Å². The summed E-state index contributed by atoms with van der Waals surface area (Å²) in [6.45, 7) is 1.22.